The maximum absolute atomic E-state index is 13.4. The summed E-state index contributed by atoms with van der Waals surface area (Å²) >= 11 is 0. The van der Waals surface area contributed by atoms with Crippen LogP contribution in [0.1, 0.15) is 48.6 Å². The zero-order chi connectivity index (χ0) is 27.3. The van der Waals surface area contributed by atoms with Gasteiger partial charge in [-0.15, -0.1) is 0 Å². The van der Waals surface area contributed by atoms with Gasteiger partial charge in [0.2, 0.25) is 5.88 Å². The Bertz CT molecular complexity index is 1180. The second-order valence-electron chi connectivity index (χ2n) is 11.4. The topological polar surface area (TPSA) is 62.1 Å². The number of pyridine rings is 2. The molecule has 4 rings (SSSR count). The Balaban J connectivity index is 1.36. The van der Waals surface area contributed by atoms with Gasteiger partial charge in [0, 0.05) is 56.5 Å². The summed E-state index contributed by atoms with van der Waals surface area (Å²) in [6, 6.07) is 8.58. The minimum absolute atomic E-state index is 0.0226. The first-order valence-corrected chi connectivity index (χ1v) is 16.9. The molecule has 206 valence electrons. The van der Waals surface area contributed by atoms with Crippen LogP contribution in [0.5, 0.6) is 5.88 Å². The number of ether oxygens (including phenoxy) is 2. The summed E-state index contributed by atoms with van der Waals surface area (Å²) < 4.78 is 53.3. The molecule has 0 saturated heterocycles. The summed E-state index contributed by atoms with van der Waals surface area (Å²) in [5.74, 6) is 1.68. The van der Waals surface area contributed by atoms with Crippen molar-refractivity contribution in [3.63, 3.8) is 0 Å². The molecule has 0 aromatic carbocycles. The number of hydrogen-bond donors (Lipinski definition) is 0. The van der Waals surface area contributed by atoms with Crippen molar-refractivity contribution >= 4 is 8.07 Å². The third-order valence-electron chi connectivity index (χ3n) is 6.96. The van der Waals surface area contributed by atoms with Gasteiger partial charge < -0.3 is 14.0 Å². The highest BCUT2D eigenvalue weighted by Gasteiger charge is 2.35. The van der Waals surface area contributed by atoms with Gasteiger partial charge in [-0.25, -0.2) is 9.97 Å². The van der Waals surface area contributed by atoms with E-state index in [1.165, 1.54) is 4.57 Å². The number of aromatic nitrogens is 4. The first-order chi connectivity index (χ1) is 18.0. The molecule has 0 aliphatic heterocycles. The van der Waals surface area contributed by atoms with Crippen molar-refractivity contribution in [2.45, 2.75) is 77.1 Å². The first kappa shape index (κ1) is 28.3. The average molecular weight is 547 g/mol. The van der Waals surface area contributed by atoms with Crippen molar-refractivity contribution in [1.29, 1.82) is 0 Å². The number of halogens is 3. The number of hydrogen-bond acceptors (Lipinski definition) is 5. The lowest BCUT2D eigenvalue weighted by atomic mass is 9.80. The van der Waals surface area contributed by atoms with E-state index in [4.69, 9.17) is 9.47 Å². The van der Waals surface area contributed by atoms with Crippen LogP contribution in [0.25, 0.3) is 11.4 Å². The lowest BCUT2D eigenvalue weighted by Gasteiger charge is -2.28. The molecule has 3 aromatic heterocycles. The molecule has 0 N–H and O–H groups in total. The molecule has 1 fully saturated rings. The van der Waals surface area contributed by atoms with E-state index in [9.17, 15) is 13.2 Å². The Labute approximate surface area is 223 Å². The molecule has 1 aliphatic rings. The maximum Gasteiger partial charge on any atom is 0.434 e. The Morgan fingerprint density at radius 2 is 1.82 bits per heavy atom. The molecule has 0 atom stereocenters. The highest BCUT2D eigenvalue weighted by molar-refractivity contribution is 6.76. The van der Waals surface area contributed by atoms with Crippen LogP contribution < -0.4 is 4.74 Å². The van der Waals surface area contributed by atoms with E-state index in [2.05, 4.69) is 34.6 Å². The molecule has 0 unspecified atom stereocenters. The summed E-state index contributed by atoms with van der Waals surface area (Å²) in [6.45, 7) is 9.91. The molecule has 0 radical (unpaired) electrons. The zero-order valence-electron chi connectivity index (χ0n) is 22.6. The fraction of sp³-hybridized carbons (Fsp3) is 0.536. The van der Waals surface area contributed by atoms with Crippen LogP contribution in [0.2, 0.25) is 25.7 Å². The standard InChI is InChI=1S/C28H37F3N4O2Si/c1-20-11-12-32-26(15-20)37-18-21-5-7-22(8-6-21)24-10-9-23(16-33-24)27-34-25(28(29,30)31)17-35(27)19-36-13-14-38(2,3)4/h9-12,15-17,21-22H,5-8,13-14,18-19H2,1-4H3. The van der Waals surface area contributed by atoms with Gasteiger partial charge in [0.15, 0.2) is 5.69 Å². The fourth-order valence-corrected chi connectivity index (χ4v) is 5.37. The van der Waals surface area contributed by atoms with E-state index < -0.39 is 19.9 Å². The summed E-state index contributed by atoms with van der Waals surface area (Å²) in [4.78, 5) is 12.8. The maximum atomic E-state index is 13.4. The van der Waals surface area contributed by atoms with E-state index in [0.717, 1.165) is 49.2 Å². The smallest absolute Gasteiger partial charge is 0.434 e. The number of imidazole rings is 1. The summed E-state index contributed by atoms with van der Waals surface area (Å²) in [5.41, 5.74) is 1.71. The molecule has 0 bridgehead atoms. The summed E-state index contributed by atoms with van der Waals surface area (Å²) in [6.07, 6.45) is 3.96. The zero-order valence-corrected chi connectivity index (χ0v) is 23.6. The van der Waals surface area contributed by atoms with Crippen molar-refractivity contribution in [3.05, 3.63) is 59.8 Å². The predicted octanol–water partition coefficient (Wildman–Crippen LogP) is 7.33. The third kappa shape index (κ3) is 7.89. The fourth-order valence-electron chi connectivity index (χ4n) is 4.62. The Morgan fingerprint density at radius 1 is 1.05 bits per heavy atom. The Hall–Kier alpha value is -2.72. The molecule has 3 aromatic rings. The van der Waals surface area contributed by atoms with Crippen LogP contribution in [-0.4, -0.2) is 40.8 Å². The van der Waals surface area contributed by atoms with E-state index in [-0.39, 0.29) is 12.6 Å². The monoisotopic (exact) mass is 546 g/mol. The summed E-state index contributed by atoms with van der Waals surface area (Å²) in [5, 5.41) is 0. The molecular formula is C28H37F3N4O2Si. The Morgan fingerprint density at radius 3 is 2.45 bits per heavy atom. The Kier molecular flexibility index (Phi) is 8.92. The van der Waals surface area contributed by atoms with Gasteiger partial charge in [-0.05, 0) is 68.3 Å². The van der Waals surface area contributed by atoms with Gasteiger partial charge in [-0.1, -0.05) is 19.6 Å². The molecule has 1 saturated carbocycles. The van der Waals surface area contributed by atoms with Crippen LogP contribution in [-0.2, 0) is 17.6 Å². The molecule has 38 heavy (non-hydrogen) atoms. The first-order valence-electron chi connectivity index (χ1n) is 13.2. The second-order valence-corrected chi connectivity index (χ2v) is 17.1. The lowest BCUT2D eigenvalue weighted by molar-refractivity contribution is -0.141. The number of rotatable bonds is 10. The highest BCUT2D eigenvalue weighted by atomic mass is 28.3. The summed E-state index contributed by atoms with van der Waals surface area (Å²) in [7, 11) is -1.30. The molecule has 3 heterocycles. The van der Waals surface area contributed by atoms with Crippen molar-refractivity contribution in [3.8, 4) is 17.3 Å². The van der Waals surface area contributed by atoms with Crippen LogP contribution in [0.15, 0.2) is 42.9 Å². The quantitative estimate of drug-likeness (QED) is 0.197. The normalized spacial score (nSPS) is 18.5. The van der Waals surface area contributed by atoms with E-state index >= 15 is 0 Å². The van der Waals surface area contributed by atoms with Crippen molar-refractivity contribution in [2.75, 3.05) is 13.2 Å². The number of aryl methyl sites for hydroxylation is 1. The van der Waals surface area contributed by atoms with Gasteiger partial charge in [-0.2, -0.15) is 13.2 Å². The van der Waals surface area contributed by atoms with Crippen molar-refractivity contribution in [2.24, 2.45) is 5.92 Å². The van der Waals surface area contributed by atoms with Crippen LogP contribution >= 0.6 is 0 Å². The lowest BCUT2D eigenvalue weighted by Crippen LogP contribution is -2.22. The van der Waals surface area contributed by atoms with E-state index in [0.29, 0.717) is 36.5 Å². The molecule has 10 heteroatoms. The van der Waals surface area contributed by atoms with Crippen LogP contribution in [0.3, 0.4) is 0 Å². The minimum Gasteiger partial charge on any atom is -0.477 e. The van der Waals surface area contributed by atoms with Gasteiger partial charge in [-0.3, -0.25) is 4.98 Å². The van der Waals surface area contributed by atoms with Crippen LogP contribution in [0.4, 0.5) is 13.2 Å². The number of alkyl halides is 3. The number of nitrogens with zero attached hydrogens (tertiary/aromatic N) is 4. The SMILES string of the molecule is Cc1ccnc(OCC2CCC(c3ccc(-c4nc(C(F)(F)F)cn4COCC[Si](C)(C)C)cn3)CC2)c1. The van der Waals surface area contributed by atoms with Crippen molar-refractivity contribution in [1.82, 2.24) is 19.5 Å². The van der Waals surface area contributed by atoms with Gasteiger partial charge in [0.25, 0.3) is 0 Å². The van der Waals surface area contributed by atoms with Gasteiger partial charge in [0.05, 0.1) is 6.61 Å². The second kappa shape index (κ2) is 12.0. The minimum atomic E-state index is -4.52. The predicted molar refractivity (Wildman–Crippen MR) is 144 cm³/mol. The van der Waals surface area contributed by atoms with E-state index in [1.807, 2.05) is 31.2 Å². The molecule has 0 amide bonds. The largest absolute Gasteiger partial charge is 0.477 e. The van der Waals surface area contributed by atoms with Gasteiger partial charge >= 0.3 is 6.18 Å². The molecule has 1 aliphatic carbocycles. The third-order valence-corrected chi connectivity index (χ3v) is 8.66. The van der Waals surface area contributed by atoms with Crippen LogP contribution in [0, 0.1) is 12.8 Å². The molecular weight excluding hydrogens is 509 g/mol. The van der Waals surface area contributed by atoms with E-state index in [1.54, 1.807) is 12.4 Å². The highest BCUT2D eigenvalue weighted by Crippen LogP contribution is 2.36. The van der Waals surface area contributed by atoms with Gasteiger partial charge in [0.1, 0.15) is 12.6 Å². The van der Waals surface area contributed by atoms with Crippen molar-refractivity contribution < 1.29 is 22.6 Å². The molecule has 6 nitrogen and oxygen atoms in total. The average Bonchev–Trinajstić information content (AvgIpc) is 3.30. The molecule has 0 spiro atoms.